The van der Waals surface area contributed by atoms with E-state index in [1.807, 2.05) is 37.3 Å². The molecular weight excluding hydrogens is 324 g/mol. The van der Waals surface area contributed by atoms with Crippen molar-refractivity contribution in [1.29, 1.82) is 5.26 Å². The topological polar surface area (TPSA) is 79.2 Å². The number of nitrogens with one attached hydrogen (secondary N) is 1. The van der Waals surface area contributed by atoms with Crippen molar-refractivity contribution in [1.82, 2.24) is 0 Å². The lowest BCUT2D eigenvalue weighted by Crippen LogP contribution is -2.14. The normalized spacial score (nSPS) is 10.1. The number of esters is 1. The number of ether oxygens (including phenoxy) is 1. The Hall–Kier alpha value is -2.65. The number of amides is 1. The van der Waals surface area contributed by atoms with Crippen molar-refractivity contribution in [2.24, 2.45) is 0 Å². The van der Waals surface area contributed by atoms with E-state index in [1.54, 1.807) is 13.8 Å². The number of anilines is 1. The predicted molar refractivity (Wildman–Crippen MR) is 93.2 cm³/mol. The van der Waals surface area contributed by atoms with Crippen molar-refractivity contribution in [2.45, 2.75) is 27.2 Å². The zero-order valence-corrected chi connectivity index (χ0v) is 14.6. The van der Waals surface area contributed by atoms with Gasteiger partial charge in [-0.3, -0.25) is 4.79 Å². The van der Waals surface area contributed by atoms with E-state index in [4.69, 9.17) is 4.74 Å². The van der Waals surface area contributed by atoms with Crippen molar-refractivity contribution in [3.8, 4) is 6.07 Å². The molecule has 1 heterocycles. The molecule has 0 radical (unpaired) electrons. The largest absolute Gasteiger partial charge is 0.462 e. The number of hydrogen-bond donors (Lipinski definition) is 1. The highest BCUT2D eigenvalue weighted by molar-refractivity contribution is 7.18. The first-order valence-electron chi connectivity index (χ1n) is 7.52. The number of rotatable bonds is 5. The standard InChI is InChI=1S/C18H18N2O3S/c1-4-23-18(22)16-12(3)14(10-19)17(24-16)20-15(21)9-13-7-5-11(2)6-8-13/h5-8H,4,9H2,1-3H3,(H,20,21). The Bertz CT molecular complexity index is 801. The summed E-state index contributed by atoms with van der Waals surface area (Å²) in [6, 6.07) is 9.72. The van der Waals surface area contributed by atoms with Crippen LogP contribution in [0.1, 0.15) is 38.8 Å². The molecule has 0 atom stereocenters. The van der Waals surface area contributed by atoms with Crippen LogP contribution in [0.4, 0.5) is 5.00 Å². The van der Waals surface area contributed by atoms with Crippen LogP contribution in [0.25, 0.3) is 0 Å². The lowest BCUT2D eigenvalue weighted by atomic mass is 10.1. The molecule has 1 N–H and O–H groups in total. The molecule has 1 aromatic heterocycles. The summed E-state index contributed by atoms with van der Waals surface area (Å²) in [5, 5.41) is 12.4. The van der Waals surface area contributed by atoms with Gasteiger partial charge in [0.1, 0.15) is 15.9 Å². The Morgan fingerprint density at radius 3 is 2.50 bits per heavy atom. The average molecular weight is 342 g/mol. The molecule has 0 saturated heterocycles. The second-order valence-corrected chi connectivity index (χ2v) is 6.32. The summed E-state index contributed by atoms with van der Waals surface area (Å²) in [7, 11) is 0. The van der Waals surface area contributed by atoms with Gasteiger partial charge >= 0.3 is 5.97 Å². The molecule has 0 unspecified atom stereocenters. The van der Waals surface area contributed by atoms with Gasteiger partial charge in [-0.1, -0.05) is 29.8 Å². The average Bonchev–Trinajstić information content (AvgIpc) is 2.85. The quantitative estimate of drug-likeness (QED) is 0.842. The van der Waals surface area contributed by atoms with Crippen LogP contribution >= 0.6 is 11.3 Å². The SMILES string of the molecule is CCOC(=O)c1sc(NC(=O)Cc2ccc(C)cc2)c(C#N)c1C. The number of nitriles is 1. The van der Waals surface area contributed by atoms with Gasteiger partial charge in [-0.2, -0.15) is 5.26 Å². The highest BCUT2D eigenvalue weighted by atomic mass is 32.1. The van der Waals surface area contributed by atoms with Crippen LogP contribution in [0.3, 0.4) is 0 Å². The van der Waals surface area contributed by atoms with Gasteiger partial charge in [-0.05, 0) is 31.9 Å². The van der Waals surface area contributed by atoms with Crippen LogP contribution in [0.15, 0.2) is 24.3 Å². The van der Waals surface area contributed by atoms with Crippen LogP contribution in [0.5, 0.6) is 0 Å². The van der Waals surface area contributed by atoms with E-state index < -0.39 is 5.97 Å². The molecule has 0 fully saturated rings. The van der Waals surface area contributed by atoms with E-state index in [0.717, 1.165) is 22.5 Å². The fourth-order valence-corrected chi connectivity index (χ4v) is 3.26. The maximum absolute atomic E-state index is 12.2. The summed E-state index contributed by atoms with van der Waals surface area (Å²) >= 11 is 1.07. The van der Waals surface area contributed by atoms with Crippen LogP contribution in [0, 0.1) is 25.2 Å². The lowest BCUT2D eigenvalue weighted by Gasteiger charge is -2.04. The van der Waals surface area contributed by atoms with Gasteiger partial charge in [0.15, 0.2) is 0 Å². The monoisotopic (exact) mass is 342 g/mol. The Balaban J connectivity index is 2.18. The van der Waals surface area contributed by atoms with Crippen molar-refractivity contribution in [3.63, 3.8) is 0 Å². The van der Waals surface area contributed by atoms with Crippen molar-refractivity contribution in [3.05, 3.63) is 51.4 Å². The number of nitrogens with zero attached hydrogens (tertiary/aromatic N) is 1. The first-order chi connectivity index (χ1) is 11.5. The van der Waals surface area contributed by atoms with Gasteiger partial charge in [-0.25, -0.2) is 4.79 Å². The predicted octanol–water partition coefficient (Wildman–Crippen LogP) is 3.59. The molecule has 2 rings (SSSR count). The summed E-state index contributed by atoms with van der Waals surface area (Å²) in [6.07, 6.45) is 0.205. The molecular formula is C18H18N2O3S. The highest BCUT2D eigenvalue weighted by Gasteiger charge is 2.22. The molecule has 24 heavy (non-hydrogen) atoms. The van der Waals surface area contributed by atoms with Gasteiger partial charge in [0.2, 0.25) is 5.91 Å². The highest BCUT2D eigenvalue weighted by Crippen LogP contribution is 2.33. The first-order valence-corrected chi connectivity index (χ1v) is 8.33. The number of carbonyl (C=O) groups excluding carboxylic acids is 2. The maximum atomic E-state index is 12.2. The first kappa shape index (κ1) is 17.7. The summed E-state index contributed by atoms with van der Waals surface area (Å²) in [5.41, 5.74) is 2.85. The number of aryl methyl sites for hydroxylation is 1. The van der Waals surface area contributed by atoms with E-state index in [9.17, 15) is 14.9 Å². The van der Waals surface area contributed by atoms with Crippen molar-refractivity contribution < 1.29 is 14.3 Å². The number of thiophene rings is 1. The smallest absolute Gasteiger partial charge is 0.348 e. The van der Waals surface area contributed by atoms with Crippen LogP contribution < -0.4 is 5.32 Å². The summed E-state index contributed by atoms with van der Waals surface area (Å²) in [6.45, 7) is 5.63. The Kier molecular flexibility index (Phi) is 5.72. The van der Waals surface area contributed by atoms with Crippen LogP contribution in [0.2, 0.25) is 0 Å². The van der Waals surface area contributed by atoms with Crippen molar-refractivity contribution >= 4 is 28.2 Å². The molecule has 5 nitrogen and oxygen atoms in total. The number of carbonyl (C=O) groups is 2. The van der Waals surface area contributed by atoms with E-state index in [1.165, 1.54) is 0 Å². The Morgan fingerprint density at radius 2 is 1.92 bits per heavy atom. The third-order valence-corrected chi connectivity index (χ3v) is 4.64. The second kappa shape index (κ2) is 7.75. The minimum Gasteiger partial charge on any atom is -0.462 e. The molecule has 2 aromatic rings. The lowest BCUT2D eigenvalue weighted by molar-refractivity contribution is -0.115. The van der Waals surface area contributed by atoms with E-state index >= 15 is 0 Å². The summed E-state index contributed by atoms with van der Waals surface area (Å²) < 4.78 is 4.98. The zero-order chi connectivity index (χ0) is 17.7. The molecule has 0 aliphatic heterocycles. The number of benzene rings is 1. The van der Waals surface area contributed by atoms with Gasteiger partial charge < -0.3 is 10.1 Å². The molecule has 0 saturated carbocycles. The zero-order valence-electron chi connectivity index (χ0n) is 13.8. The summed E-state index contributed by atoms with van der Waals surface area (Å²) in [4.78, 5) is 24.5. The summed E-state index contributed by atoms with van der Waals surface area (Å²) in [5.74, 6) is -0.706. The van der Waals surface area contributed by atoms with Gasteiger partial charge in [0.25, 0.3) is 0 Å². The van der Waals surface area contributed by atoms with Gasteiger partial charge in [0, 0.05) is 0 Å². The molecule has 1 amide bonds. The van der Waals surface area contributed by atoms with Gasteiger partial charge in [-0.15, -0.1) is 11.3 Å². The van der Waals surface area contributed by atoms with E-state index in [0.29, 0.717) is 21.0 Å². The molecule has 0 aliphatic carbocycles. The third-order valence-electron chi connectivity index (χ3n) is 3.46. The fourth-order valence-electron chi connectivity index (χ4n) is 2.19. The van der Waals surface area contributed by atoms with Crippen molar-refractivity contribution in [2.75, 3.05) is 11.9 Å². The molecule has 0 spiro atoms. The van der Waals surface area contributed by atoms with Crippen LogP contribution in [-0.4, -0.2) is 18.5 Å². The fraction of sp³-hybridized carbons (Fsp3) is 0.278. The van der Waals surface area contributed by atoms with Gasteiger partial charge in [0.05, 0.1) is 18.6 Å². The Morgan fingerprint density at radius 1 is 1.25 bits per heavy atom. The molecule has 1 aromatic carbocycles. The molecule has 0 bridgehead atoms. The third kappa shape index (κ3) is 4.00. The van der Waals surface area contributed by atoms with E-state index in [2.05, 4.69) is 5.32 Å². The van der Waals surface area contributed by atoms with E-state index in [-0.39, 0.29) is 18.9 Å². The minimum absolute atomic E-state index is 0.205. The maximum Gasteiger partial charge on any atom is 0.348 e. The number of hydrogen-bond acceptors (Lipinski definition) is 5. The molecule has 6 heteroatoms. The second-order valence-electron chi connectivity index (χ2n) is 5.30. The molecule has 0 aliphatic rings. The van der Waals surface area contributed by atoms with Crippen LogP contribution in [-0.2, 0) is 16.0 Å². The Labute approximate surface area is 144 Å². The molecule has 124 valence electrons. The minimum atomic E-state index is -0.476.